The lowest BCUT2D eigenvalue weighted by Crippen LogP contribution is -2.46. The van der Waals surface area contributed by atoms with Crippen molar-refractivity contribution >= 4 is 17.5 Å². The van der Waals surface area contributed by atoms with Gasteiger partial charge in [-0.2, -0.15) is 5.26 Å². The Morgan fingerprint density at radius 3 is 2.43 bits per heavy atom. The number of piperidine rings is 1. The van der Waals surface area contributed by atoms with Crippen LogP contribution in [0.25, 0.3) is 0 Å². The van der Waals surface area contributed by atoms with Crippen molar-refractivity contribution in [2.45, 2.75) is 43.4 Å². The zero-order valence-electron chi connectivity index (χ0n) is 20.5. The summed E-state index contributed by atoms with van der Waals surface area (Å²) in [6.07, 6.45) is 1.54. The van der Waals surface area contributed by atoms with E-state index in [2.05, 4.69) is 11.0 Å². The van der Waals surface area contributed by atoms with E-state index < -0.39 is 17.3 Å². The van der Waals surface area contributed by atoms with E-state index in [4.69, 9.17) is 4.99 Å². The standard InChI is InChI=1S/C30H27F2N3O2/c1-29(31,32)25-10-6-5-7-20(25)17-24-23-12-11-21(28(36)37)18-26(23)34-27(24)35-15-13-30(19-33,14-16-35)22-8-3-2-4-9-22/h2-12,18,24H,13-17H2,1H3,(H,36,37). The Morgan fingerprint density at radius 1 is 1.11 bits per heavy atom. The number of likely N-dealkylation sites (tertiary alicyclic amines) is 1. The summed E-state index contributed by atoms with van der Waals surface area (Å²) in [6, 6.07) is 23.7. The summed E-state index contributed by atoms with van der Waals surface area (Å²) in [4.78, 5) is 18.6. The fraction of sp³-hybridized carbons (Fsp3) is 0.300. The molecule has 1 atom stereocenters. The van der Waals surface area contributed by atoms with E-state index >= 15 is 0 Å². The highest BCUT2D eigenvalue weighted by atomic mass is 19.3. The van der Waals surface area contributed by atoms with Crippen LogP contribution < -0.4 is 0 Å². The number of carboxylic acid groups (broad SMARTS) is 1. The number of alkyl halides is 2. The first kappa shape index (κ1) is 24.6. The minimum Gasteiger partial charge on any atom is -0.478 e. The highest BCUT2D eigenvalue weighted by Gasteiger charge is 2.40. The van der Waals surface area contributed by atoms with Gasteiger partial charge in [-0.3, -0.25) is 0 Å². The number of carbonyl (C=O) groups is 1. The molecular weight excluding hydrogens is 472 g/mol. The number of aromatic carboxylic acids is 1. The van der Waals surface area contributed by atoms with Crippen LogP contribution in [-0.2, 0) is 17.8 Å². The van der Waals surface area contributed by atoms with E-state index in [1.165, 1.54) is 6.07 Å². The van der Waals surface area contributed by atoms with Crippen molar-refractivity contribution in [3.8, 4) is 6.07 Å². The second-order valence-corrected chi connectivity index (χ2v) is 9.90. The van der Waals surface area contributed by atoms with Gasteiger partial charge in [-0.15, -0.1) is 0 Å². The Hall–Kier alpha value is -4.05. The summed E-state index contributed by atoms with van der Waals surface area (Å²) in [5.74, 6) is -3.59. The molecule has 188 valence electrons. The molecule has 2 heterocycles. The first-order valence-corrected chi connectivity index (χ1v) is 12.4. The molecule has 2 aliphatic heterocycles. The molecule has 3 aromatic carbocycles. The second-order valence-electron chi connectivity index (χ2n) is 9.90. The lowest BCUT2D eigenvalue weighted by atomic mass is 9.74. The van der Waals surface area contributed by atoms with Gasteiger partial charge in [0, 0.05) is 31.5 Å². The van der Waals surface area contributed by atoms with Gasteiger partial charge in [0.1, 0.15) is 5.84 Å². The number of carboxylic acids is 1. The summed E-state index contributed by atoms with van der Waals surface area (Å²) in [5, 5.41) is 19.6. The quantitative estimate of drug-likeness (QED) is 0.439. The normalized spacial score (nSPS) is 18.6. The zero-order valence-corrected chi connectivity index (χ0v) is 20.5. The lowest BCUT2D eigenvalue weighted by molar-refractivity contribution is 0.0165. The van der Waals surface area contributed by atoms with Crippen molar-refractivity contribution in [2.24, 2.45) is 4.99 Å². The molecule has 5 rings (SSSR count). The van der Waals surface area contributed by atoms with Gasteiger partial charge in [0.2, 0.25) is 0 Å². The van der Waals surface area contributed by atoms with Crippen LogP contribution in [0.15, 0.2) is 77.8 Å². The predicted molar refractivity (Wildman–Crippen MR) is 137 cm³/mol. The number of hydrogen-bond donors (Lipinski definition) is 1. The molecule has 3 aromatic rings. The summed E-state index contributed by atoms with van der Waals surface area (Å²) in [7, 11) is 0. The third kappa shape index (κ3) is 4.60. The van der Waals surface area contributed by atoms with Crippen LogP contribution >= 0.6 is 0 Å². The summed E-state index contributed by atoms with van der Waals surface area (Å²) in [6.45, 7) is 2.07. The number of fused-ring (bicyclic) bond motifs is 1. The molecule has 1 unspecified atom stereocenters. The van der Waals surface area contributed by atoms with Crippen LogP contribution in [0.4, 0.5) is 14.5 Å². The van der Waals surface area contributed by atoms with Crippen molar-refractivity contribution in [2.75, 3.05) is 13.1 Å². The summed E-state index contributed by atoms with van der Waals surface area (Å²) in [5.41, 5.74) is 2.44. The van der Waals surface area contributed by atoms with E-state index in [0.29, 0.717) is 43.6 Å². The van der Waals surface area contributed by atoms with Gasteiger partial charge in [0.15, 0.2) is 0 Å². The summed E-state index contributed by atoms with van der Waals surface area (Å²) >= 11 is 0. The first-order chi connectivity index (χ1) is 17.7. The molecule has 0 aliphatic carbocycles. The van der Waals surface area contributed by atoms with Gasteiger partial charge >= 0.3 is 5.97 Å². The number of nitriles is 1. The molecule has 37 heavy (non-hydrogen) atoms. The SMILES string of the molecule is CC(F)(F)c1ccccc1CC1C(N2CCC(C#N)(c3ccccc3)CC2)=Nc2cc(C(=O)O)ccc21. The number of amidine groups is 1. The Morgan fingerprint density at radius 2 is 1.78 bits per heavy atom. The van der Waals surface area contributed by atoms with E-state index in [1.54, 1.807) is 36.4 Å². The molecule has 1 saturated heterocycles. The van der Waals surface area contributed by atoms with Crippen molar-refractivity contribution in [1.29, 1.82) is 5.26 Å². The molecule has 0 amide bonds. The number of rotatable bonds is 5. The van der Waals surface area contributed by atoms with E-state index in [1.807, 2.05) is 30.3 Å². The van der Waals surface area contributed by atoms with Gasteiger partial charge in [-0.05, 0) is 48.1 Å². The Bertz CT molecular complexity index is 1400. The van der Waals surface area contributed by atoms with E-state index in [0.717, 1.165) is 23.9 Å². The minimum atomic E-state index is -2.99. The zero-order chi connectivity index (χ0) is 26.2. The molecule has 0 aromatic heterocycles. The molecule has 1 fully saturated rings. The number of aliphatic imine (C=N–C) groups is 1. The minimum absolute atomic E-state index is 0.0174. The highest BCUT2D eigenvalue weighted by Crippen LogP contribution is 2.43. The van der Waals surface area contributed by atoms with Crippen molar-refractivity contribution in [3.63, 3.8) is 0 Å². The molecular formula is C30H27F2N3O2. The molecule has 7 heteroatoms. The fourth-order valence-corrected chi connectivity index (χ4v) is 5.59. The highest BCUT2D eigenvalue weighted by molar-refractivity contribution is 5.98. The van der Waals surface area contributed by atoms with Crippen LogP contribution in [0.1, 0.15) is 58.3 Å². The third-order valence-electron chi connectivity index (χ3n) is 7.60. The average Bonchev–Trinajstić information content (AvgIpc) is 3.26. The Kier molecular flexibility index (Phi) is 6.28. The largest absolute Gasteiger partial charge is 0.478 e. The van der Waals surface area contributed by atoms with Gasteiger partial charge < -0.3 is 10.0 Å². The Labute approximate surface area is 214 Å². The van der Waals surface area contributed by atoms with Crippen LogP contribution in [-0.4, -0.2) is 34.9 Å². The van der Waals surface area contributed by atoms with E-state index in [9.17, 15) is 23.9 Å². The molecule has 0 radical (unpaired) electrons. The summed E-state index contributed by atoms with van der Waals surface area (Å²) < 4.78 is 28.9. The monoisotopic (exact) mass is 499 g/mol. The molecule has 0 bridgehead atoms. The maximum atomic E-state index is 14.4. The van der Waals surface area contributed by atoms with Crippen LogP contribution in [0.2, 0.25) is 0 Å². The predicted octanol–water partition coefficient (Wildman–Crippen LogP) is 6.42. The van der Waals surface area contributed by atoms with Crippen molar-refractivity contribution < 1.29 is 18.7 Å². The molecule has 1 N–H and O–H groups in total. The van der Waals surface area contributed by atoms with Crippen LogP contribution in [0.3, 0.4) is 0 Å². The lowest BCUT2D eigenvalue weighted by Gasteiger charge is -2.40. The Balaban J connectivity index is 1.49. The topological polar surface area (TPSA) is 76.7 Å². The maximum Gasteiger partial charge on any atom is 0.335 e. The first-order valence-electron chi connectivity index (χ1n) is 12.4. The molecule has 0 saturated carbocycles. The van der Waals surface area contributed by atoms with Crippen LogP contribution in [0, 0.1) is 11.3 Å². The van der Waals surface area contributed by atoms with E-state index in [-0.39, 0.29) is 17.0 Å². The molecule has 2 aliphatic rings. The van der Waals surface area contributed by atoms with Crippen LogP contribution in [0.5, 0.6) is 0 Å². The van der Waals surface area contributed by atoms with Gasteiger partial charge in [0.05, 0.1) is 22.7 Å². The van der Waals surface area contributed by atoms with Crippen molar-refractivity contribution in [1.82, 2.24) is 4.90 Å². The molecule has 0 spiro atoms. The van der Waals surface area contributed by atoms with Gasteiger partial charge in [0.25, 0.3) is 5.92 Å². The molecule has 5 nitrogen and oxygen atoms in total. The second kappa shape index (κ2) is 9.44. The van der Waals surface area contributed by atoms with Crippen molar-refractivity contribution in [3.05, 3.63) is 101 Å². The number of hydrogen-bond acceptors (Lipinski definition) is 4. The number of benzene rings is 3. The van der Waals surface area contributed by atoms with Gasteiger partial charge in [-0.1, -0.05) is 60.7 Å². The third-order valence-corrected chi connectivity index (χ3v) is 7.60. The fourth-order valence-electron chi connectivity index (χ4n) is 5.59. The number of nitrogens with zero attached hydrogens (tertiary/aromatic N) is 3. The smallest absolute Gasteiger partial charge is 0.335 e. The number of halogens is 2. The van der Waals surface area contributed by atoms with Gasteiger partial charge in [-0.25, -0.2) is 18.6 Å². The average molecular weight is 500 g/mol. The maximum absolute atomic E-state index is 14.4.